The minimum absolute atomic E-state index is 0.160. The Balaban J connectivity index is 1.66. The van der Waals surface area contributed by atoms with Gasteiger partial charge in [0.05, 0.1) is 19.2 Å². The average molecular weight is 323 g/mol. The van der Waals surface area contributed by atoms with Gasteiger partial charge in [0.1, 0.15) is 6.33 Å². The van der Waals surface area contributed by atoms with Crippen LogP contribution in [0.1, 0.15) is 27.5 Å². The number of hydrogen-bond donors (Lipinski definition) is 2. The number of nitrogens with zero attached hydrogens (tertiary/aromatic N) is 4. The summed E-state index contributed by atoms with van der Waals surface area (Å²) in [6.45, 7) is 0.380. The maximum Gasteiger partial charge on any atom is 0.251 e. The molecule has 24 heavy (non-hydrogen) atoms. The molecule has 122 valence electrons. The van der Waals surface area contributed by atoms with Crippen molar-refractivity contribution < 1.29 is 9.90 Å². The van der Waals surface area contributed by atoms with Gasteiger partial charge < -0.3 is 10.4 Å². The van der Waals surface area contributed by atoms with Crippen molar-refractivity contribution in [2.45, 2.75) is 12.6 Å². The second-order valence-corrected chi connectivity index (χ2v) is 5.32. The lowest BCUT2D eigenvalue weighted by Gasteiger charge is -2.16. The zero-order valence-corrected chi connectivity index (χ0v) is 12.9. The number of nitrogens with one attached hydrogen (secondary N) is 1. The van der Waals surface area contributed by atoms with Crippen LogP contribution < -0.4 is 5.32 Å². The van der Waals surface area contributed by atoms with Crippen molar-refractivity contribution in [2.24, 2.45) is 0 Å². The molecule has 1 heterocycles. The van der Waals surface area contributed by atoms with Crippen LogP contribution in [-0.2, 0) is 6.54 Å². The van der Waals surface area contributed by atoms with Gasteiger partial charge in [-0.3, -0.25) is 4.79 Å². The number of aromatic nitrogens is 4. The molecule has 0 aliphatic rings. The second-order valence-electron chi connectivity index (χ2n) is 5.32. The number of aliphatic hydroxyl groups excluding tert-OH is 1. The first-order valence-electron chi connectivity index (χ1n) is 7.52. The smallest absolute Gasteiger partial charge is 0.251 e. The van der Waals surface area contributed by atoms with Crippen LogP contribution in [0.4, 0.5) is 0 Å². The molecule has 0 radical (unpaired) electrons. The van der Waals surface area contributed by atoms with E-state index in [4.69, 9.17) is 0 Å². The molecule has 1 aromatic heterocycles. The summed E-state index contributed by atoms with van der Waals surface area (Å²) in [5.74, 6) is -0.230. The monoisotopic (exact) mass is 323 g/mol. The van der Waals surface area contributed by atoms with E-state index in [9.17, 15) is 9.90 Å². The molecule has 7 heteroatoms. The number of benzene rings is 2. The molecule has 0 aliphatic carbocycles. The normalized spacial score (nSPS) is 11.9. The van der Waals surface area contributed by atoms with Crippen LogP contribution in [0.5, 0.6) is 0 Å². The van der Waals surface area contributed by atoms with E-state index in [2.05, 4.69) is 20.8 Å². The predicted octanol–water partition coefficient (Wildman–Crippen LogP) is 1.18. The summed E-state index contributed by atoms with van der Waals surface area (Å²) < 4.78 is 1.60. The number of tetrazole rings is 1. The quantitative estimate of drug-likeness (QED) is 0.711. The third-order valence-electron chi connectivity index (χ3n) is 3.64. The summed E-state index contributed by atoms with van der Waals surface area (Å²) in [4.78, 5) is 12.4. The van der Waals surface area contributed by atoms with Crippen molar-refractivity contribution in [3.05, 3.63) is 77.6 Å². The Morgan fingerprint density at radius 2 is 1.88 bits per heavy atom. The molecule has 0 saturated carbocycles. The first-order chi connectivity index (χ1) is 11.8. The molecule has 2 aromatic carbocycles. The minimum atomic E-state index is -0.431. The van der Waals surface area contributed by atoms with Crippen molar-refractivity contribution in [3.8, 4) is 0 Å². The number of amides is 1. The molecule has 3 rings (SSSR count). The van der Waals surface area contributed by atoms with Crippen LogP contribution in [0.2, 0.25) is 0 Å². The lowest BCUT2D eigenvalue weighted by Crippen LogP contribution is -2.30. The molecule has 2 N–H and O–H groups in total. The van der Waals surface area contributed by atoms with Gasteiger partial charge in [-0.15, -0.1) is 5.10 Å². The Labute approximate surface area is 138 Å². The Morgan fingerprint density at radius 3 is 2.50 bits per heavy atom. The van der Waals surface area contributed by atoms with Crippen LogP contribution in [0.3, 0.4) is 0 Å². The van der Waals surface area contributed by atoms with Crippen LogP contribution in [0.25, 0.3) is 0 Å². The van der Waals surface area contributed by atoms with E-state index < -0.39 is 6.04 Å². The van der Waals surface area contributed by atoms with Gasteiger partial charge in [0.25, 0.3) is 5.91 Å². The van der Waals surface area contributed by atoms with Gasteiger partial charge in [-0.2, -0.15) is 0 Å². The van der Waals surface area contributed by atoms with Crippen LogP contribution in [0, 0.1) is 0 Å². The van der Waals surface area contributed by atoms with Crippen molar-refractivity contribution in [1.29, 1.82) is 0 Å². The average Bonchev–Trinajstić information content (AvgIpc) is 3.14. The Bertz CT molecular complexity index is 773. The van der Waals surface area contributed by atoms with Gasteiger partial charge in [-0.05, 0) is 33.7 Å². The number of carbonyl (C=O) groups excluding carboxylic acids is 1. The fourth-order valence-electron chi connectivity index (χ4n) is 2.36. The topological polar surface area (TPSA) is 92.9 Å². The molecule has 0 aliphatic heterocycles. The SMILES string of the molecule is O=C(N[C@H](CO)c1ccccc1)c1ccc(Cn2cnnn2)cc1. The minimum Gasteiger partial charge on any atom is -0.394 e. The first-order valence-corrected chi connectivity index (χ1v) is 7.52. The van der Waals surface area contributed by atoms with Gasteiger partial charge in [0.15, 0.2) is 0 Å². The molecule has 1 atom stereocenters. The Kier molecular flexibility index (Phi) is 4.93. The Hall–Kier alpha value is -3.06. The molecular formula is C17H17N5O2. The summed E-state index contributed by atoms with van der Waals surface area (Å²) in [7, 11) is 0. The standard InChI is InChI=1S/C17H17N5O2/c23-11-16(14-4-2-1-3-5-14)19-17(24)15-8-6-13(7-9-15)10-22-12-18-20-21-22/h1-9,12,16,23H,10-11H2,(H,19,24)/t16-/m1/s1. The van der Waals surface area contributed by atoms with E-state index in [-0.39, 0.29) is 12.5 Å². The van der Waals surface area contributed by atoms with Gasteiger partial charge in [0, 0.05) is 5.56 Å². The molecule has 0 unspecified atom stereocenters. The fourth-order valence-corrected chi connectivity index (χ4v) is 2.36. The molecule has 0 fully saturated rings. The van der Waals surface area contributed by atoms with E-state index in [1.807, 2.05) is 42.5 Å². The predicted molar refractivity (Wildman–Crippen MR) is 87.1 cm³/mol. The van der Waals surface area contributed by atoms with E-state index in [0.29, 0.717) is 12.1 Å². The summed E-state index contributed by atoms with van der Waals surface area (Å²) in [6, 6.07) is 16.1. The molecule has 0 saturated heterocycles. The number of carbonyl (C=O) groups is 1. The third-order valence-corrected chi connectivity index (χ3v) is 3.64. The second kappa shape index (κ2) is 7.47. The van der Waals surface area contributed by atoms with E-state index in [0.717, 1.165) is 11.1 Å². The molecule has 0 bridgehead atoms. The molecular weight excluding hydrogens is 306 g/mol. The van der Waals surface area contributed by atoms with Gasteiger partial charge in [-0.1, -0.05) is 42.5 Å². The maximum absolute atomic E-state index is 12.4. The summed E-state index contributed by atoms with van der Waals surface area (Å²) in [5, 5.41) is 23.3. The van der Waals surface area contributed by atoms with Crippen molar-refractivity contribution in [1.82, 2.24) is 25.5 Å². The number of aliphatic hydroxyl groups is 1. The highest BCUT2D eigenvalue weighted by Crippen LogP contribution is 2.13. The molecule has 1 amide bonds. The summed E-state index contributed by atoms with van der Waals surface area (Å²) in [5.41, 5.74) is 2.38. The van der Waals surface area contributed by atoms with Crippen molar-refractivity contribution >= 4 is 5.91 Å². The molecule has 0 spiro atoms. The summed E-state index contributed by atoms with van der Waals surface area (Å²) in [6.07, 6.45) is 1.53. The maximum atomic E-state index is 12.4. The number of rotatable bonds is 6. The zero-order valence-electron chi connectivity index (χ0n) is 12.9. The lowest BCUT2D eigenvalue weighted by atomic mass is 10.1. The first kappa shape index (κ1) is 15.8. The highest BCUT2D eigenvalue weighted by atomic mass is 16.3. The van der Waals surface area contributed by atoms with Crippen molar-refractivity contribution in [3.63, 3.8) is 0 Å². The number of hydrogen-bond acceptors (Lipinski definition) is 5. The van der Waals surface area contributed by atoms with E-state index in [1.165, 1.54) is 6.33 Å². The fraction of sp³-hybridized carbons (Fsp3) is 0.176. The van der Waals surface area contributed by atoms with Gasteiger partial charge in [0.2, 0.25) is 0 Å². The van der Waals surface area contributed by atoms with Crippen molar-refractivity contribution in [2.75, 3.05) is 6.61 Å². The summed E-state index contributed by atoms with van der Waals surface area (Å²) >= 11 is 0. The third kappa shape index (κ3) is 3.82. The molecule has 3 aromatic rings. The largest absolute Gasteiger partial charge is 0.394 e. The Morgan fingerprint density at radius 1 is 1.12 bits per heavy atom. The van der Waals surface area contributed by atoms with E-state index in [1.54, 1.807) is 16.8 Å². The lowest BCUT2D eigenvalue weighted by molar-refractivity contribution is 0.0916. The molecule has 7 nitrogen and oxygen atoms in total. The van der Waals surface area contributed by atoms with Gasteiger partial charge in [-0.25, -0.2) is 4.68 Å². The van der Waals surface area contributed by atoms with Crippen LogP contribution >= 0.6 is 0 Å². The van der Waals surface area contributed by atoms with Crippen LogP contribution in [0.15, 0.2) is 60.9 Å². The van der Waals surface area contributed by atoms with Gasteiger partial charge >= 0.3 is 0 Å². The van der Waals surface area contributed by atoms with Crippen LogP contribution in [-0.4, -0.2) is 37.8 Å². The highest BCUT2D eigenvalue weighted by Gasteiger charge is 2.14. The van der Waals surface area contributed by atoms with E-state index >= 15 is 0 Å². The highest BCUT2D eigenvalue weighted by molar-refractivity contribution is 5.94. The zero-order chi connectivity index (χ0) is 16.8.